The molecule has 15 heavy (non-hydrogen) atoms. The third-order valence-corrected chi connectivity index (χ3v) is 3.14. The molecule has 0 radical (unpaired) electrons. The maximum Gasteiger partial charge on any atom is 0.176 e. The molecule has 0 aromatic heterocycles. The van der Waals surface area contributed by atoms with Crippen molar-refractivity contribution in [3.63, 3.8) is 0 Å². The van der Waals surface area contributed by atoms with Crippen molar-refractivity contribution in [3.05, 3.63) is 12.7 Å². The quantitative estimate of drug-likeness (QED) is 0.712. The molecule has 0 aliphatic carbocycles. The Labute approximate surface area is 92.1 Å². The van der Waals surface area contributed by atoms with E-state index >= 15 is 0 Å². The molecule has 1 fully saturated rings. The van der Waals surface area contributed by atoms with Crippen LogP contribution in [0.15, 0.2) is 12.7 Å². The van der Waals surface area contributed by atoms with Crippen LogP contribution in [0, 0.1) is 5.41 Å². The van der Waals surface area contributed by atoms with Crippen LogP contribution in [0.4, 0.5) is 0 Å². The molecule has 3 unspecified atom stereocenters. The van der Waals surface area contributed by atoms with E-state index in [1.807, 2.05) is 0 Å². The summed E-state index contributed by atoms with van der Waals surface area (Å²) in [4.78, 5) is 0. The highest BCUT2D eigenvalue weighted by Gasteiger charge is 2.42. The van der Waals surface area contributed by atoms with E-state index in [1.165, 1.54) is 0 Å². The van der Waals surface area contributed by atoms with Crippen molar-refractivity contribution >= 4 is 0 Å². The van der Waals surface area contributed by atoms with Gasteiger partial charge in [-0.15, -0.1) is 0 Å². The van der Waals surface area contributed by atoms with E-state index in [9.17, 15) is 5.11 Å². The predicted molar refractivity (Wildman–Crippen MR) is 59.5 cm³/mol. The Morgan fingerprint density at radius 3 is 2.73 bits per heavy atom. The lowest BCUT2D eigenvalue weighted by Gasteiger charge is -2.44. The fourth-order valence-electron chi connectivity index (χ4n) is 2.30. The van der Waals surface area contributed by atoms with Gasteiger partial charge in [-0.3, -0.25) is 0 Å². The second-order valence-corrected chi connectivity index (χ2v) is 4.22. The van der Waals surface area contributed by atoms with Crippen molar-refractivity contribution in [1.29, 1.82) is 0 Å². The first-order valence-electron chi connectivity index (χ1n) is 5.73. The third kappa shape index (κ3) is 2.60. The van der Waals surface area contributed by atoms with Gasteiger partial charge in [-0.2, -0.15) is 0 Å². The first-order valence-corrected chi connectivity index (χ1v) is 5.73. The molecule has 1 rings (SSSR count). The van der Waals surface area contributed by atoms with E-state index in [2.05, 4.69) is 20.4 Å². The molecule has 0 spiro atoms. The van der Waals surface area contributed by atoms with Crippen molar-refractivity contribution in [1.82, 2.24) is 0 Å². The minimum absolute atomic E-state index is 0.0687. The van der Waals surface area contributed by atoms with Gasteiger partial charge in [-0.25, -0.2) is 0 Å². The van der Waals surface area contributed by atoms with Crippen LogP contribution in [-0.4, -0.2) is 30.7 Å². The number of ether oxygens (including phenoxy) is 2. The molecular weight excluding hydrogens is 192 g/mol. The average Bonchev–Trinajstić information content (AvgIpc) is 2.29. The van der Waals surface area contributed by atoms with E-state index in [0.29, 0.717) is 6.61 Å². The van der Waals surface area contributed by atoms with Crippen LogP contribution in [0.2, 0.25) is 0 Å². The molecule has 3 nitrogen and oxygen atoms in total. The summed E-state index contributed by atoms with van der Waals surface area (Å²) in [5.74, 6) is 0. The van der Waals surface area contributed by atoms with Crippen LogP contribution in [0.3, 0.4) is 0 Å². The molecule has 0 saturated carbocycles. The van der Waals surface area contributed by atoms with E-state index in [4.69, 9.17) is 9.47 Å². The largest absolute Gasteiger partial charge is 0.396 e. The topological polar surface area (TPSA) is 38.7 Å². The maximum absolute atomic E-state index is 9.55. The Hall–Kier alpha value is -0.380. The van der Waals surface area contributed by atoms with Crippen molar-refractivity contribution in [2.75, 3.05) is 13.2 Å². The number of rotatable bonds is 5. The van der Waals surface area contributed by atoms with Gasteiger partial charge >= 0.3 is 0 Å². The highest BCUT2D eigenvalue weighted by molar-refractivity contribution is 4.91. The van der Waals surface area contributed by atoms with Gasteiger partial charge in [0, 0.05) is 5.41 Å². The van der Waals surface area contributed by atoms with Gasteiger partial charge in [0.25, 0.3) is 0 Å². The standard InChI is InChI=1S/C12H22O3/c1-4-7-12(8-13)9-14-11(6-3)15-10(12)5-2/h6,10-11,13H,3-5,7-9H2,1-2H3. The van der Waals surface area contributed by atoms with Crippen LogP contribution in [-0.2, 0) is 9.47 Å². The molecule has 1 heterocycles. The molecule has 1 saturated heterocycles. The van der Waals surface area contributed by atoms with Gasteiger partial charge in [0.1, 0.15) is 0 Å². The second-order valence-electron chi connectivity index (χ2n) is 4.22. The third-order valence-electron chi connectivity index (χ3n) is 3.14. The van der Waals surface area contributed by atoms with Crippen molar-refractivity contribution < 1.29 is 14.6 Å². The van der Waals surface area contributed by atoms with Gasteiger partial charge in [-0.1, -0.05) is 26.8 Å². The van der Waals surface area contributed by atoms with Crippen molar-refractivity contribution in [2.24, 2.45) is 5.41 Å². The van der Waals surface area contributed by atoms with Crippen LogP contribution in [0.1, 0.15) is 33.1 Å². The van der Waals surface area contributed by atoms with Gasteiger partial charge in [0.15, 0.2) is 6.29 Å². The summed E-state index contributed by atoms with van der Waals surface area (Å²) in [6.07, 6.45) is 4.28. The van der Waals surface area contributed by atoms with Crippen molar-refractivity contribution in [2.45, 2.75) is 45.5 Å². The van der Waals surface area contributed by atoms with Crippen LogP contribution >= 0.6 is 0 Å². The fourth-order valence-corrected chi connectivity index (χ4v) is 2.30. The number of hydrogen-bond acceptors (Lipinski definition) is 3. The van der Waals surface area contributed by atoms with E-state index < -0.39 is 0 Å². The Kier molecular flexibility index (Phi) is 4.77. The lowest BCUT2D eigenvalue weighted by Crippen LogP contribution is -2.50. The highest BCUT2D eigenvalue weighted by Crippen LogP contribution is 2.37. The van der Waals surface area contributed by atoms with Gasteiger partial charge in [0.2, 0.25) is 0 Å². The fraction of sp³-hybridized carbons (Fsp3) is 0.833. The normalized spacial score (nSPS) is 36.5. The van der Waals surface area contributed by atoms with Gasteiger partial charge in [0.05, 0.1) is 19.3 Å². The van der Waals surface area contributed by atoms with Crippen molar-refractivity contribution in [3.8, 4) is 0 Å². The van der Waals surface area contributed by atoms with Crippen LogP contribution in [0.25, 0.3) is 0 Å². The SMILES string of the molecule is C=CC1OCC(CO)(CCC)C(CC)O1. The van der Waals surface area contributed by atoms with Crippen LogP contribution in [0.5, 0.6) is 0 Å². The first-order chi connectivity index (χ1) is 7.22. The maximum atomic E-state index is 9.55. The smallest absolute Gasteiger partial charge is 0.176 e. The zero-order chi connectivity index (χ0) is 11.3. The lowest BCUT2D eigenvalue weighted by molar-refractivity contribution is -0.257. The summed E-state index contributed by atoms with van der Waals surface area (Å²) in [7, 11) is 0. The zero-order valence-corrected chi connectivity index (χ0v) is 9.74. The molecule has 88 valence electrons. The van der Waals surface area contributed by atoms with E-state index in [-0.39, 0.29) is 24.4 Å². The highest BCUT2D eigenvalue weighted by atomic mass is 16.7. The average molecular weight is 214 g/mol. The molecule has 3 atom stereocenters. The number of aliphatic hydroxyl groups excluding tert-OH is 1. The molecule has 1 aliphatic rings. The molecule has 1 aliphatic heterocycles. The molecule has 0 aromatic carbocycles. The Bertz CT molecular complexity index is 205. The summed E-state index contributed by atoms with van der Waals surface area (Å²) in [5, 5.41) is 9.55. The summed E-state index contributed by atoms with van der Waals surface area (Å²) >= 11 is 0. The minimum atomic E-state index is -0.313. The van der Waals surface area contributed by atoms with Gasteiger partial charge in [-0.05, 0) is 18.9 Å². The first kappa shape index (κ1) is 12.7. The summed E-state index contributed by atoms with van der Waals surface area (Å²) in [6, 6.07) is 0. The lowest BCUT2D eigenvalue weighted by atomic mass is 9.77. The summed E-state index contributed by atoms with van der Waals surface area (Å²) in [6.45, 7) is 8.54. The minimum Gasteiger partial charge on any atom is -0.396 e. The molecular formula is C12H22O3. The Morgan fingerprint density at radius 1 is 1.53 bits per heavy atom. The van der Waals surface area contributed by atoms with E-state index in [0.717, 1.165) is 19.3 Å². The number of aliphatic hydroxyl groups is 1. The van der Waals surface area contributed by atoms with E-state index in [1.54, 1.807) is 6.08 Å². The Morgan fingerprint density at radius 2 is 2.27 bits per heavy atom. The number of hydrogen-bond donors (Lipinski definition) is 1. The summed E-state index contributed by atoms with van der Waals surface area (Å²) in [5.41, 5.74) is -0.219. The monoisotopic (exact) mass is 214 g/mol. The molecule has 0 bridgehead atoms. The Balaban J connectivity index is 2.73. The zero-order valence-electron chi connectivity index (χ0n) is 9.74. The van der Waals surface area contributed by atoms with Crippen LogP contribution < -0.4 is 0 Å². The predicted octanol–water partition coefficient (Wildman–Crippen LogP) is 2.10. The second kappa shape index (κ2) is 5.64. The molecule has 3 heteroatoms. The van der Waals surface area contributed by atoms with Gasteiger partial charge < -0.3 is 14.6 Å². The summed E-state index contributed by atoms with van der Waals surface area (Å²) < 4.78 is 11.3. The molecule has 0 aromatic rings. The molecule has 1 N–H and O–H groups in total. The molecule has 0 amide bonds.